The molecule has 1 aromatic heterocycles. The van der Waals surface area contributed by atoms with Crippen molar-refractivity contribution in [3.8, 4) is 0 Å². The molecule has 146 valence electrons. The van der Waals surface area contributed by atoms with Crippen LogP contribution in [0, 0.1) is 6.92 Å². The number of nitrogens with one attached hydrogen (secondary N) is 1. The Hall–Kier alpha value is -2.73. The number of hydrogen-bond donors (Lipinski definition) is 1. The lowest BCUT2D eigenvalue weighted by Gasteiger charge is -2.13. The van der Waals surface area contributed by atoms with Gasteiger partial charge in [-0.15, -0.1) is 11.3 Å². The number of esters is 1. The lowest BCUT2D eigenvalue weighted by Crippen LogP contribution is -2.22. The number of aromatic nitrogens is 1. The monoisotopic (exact) mass is 396 g/mol. The SMILES string of the molecule is CCc1cccc(C)c1NC(=O)COC(=O)CCCc1nc2ccccc2s1. The van der Waals surface area contributed by atoms with Gasteiger partial charge in [-0.1, -0.05) is 37.3 Å². The molecule has 0 atom stereocenters. The van der Waals surface area contributed by atoms with Crippen LogP contribution in [0.3, 0.4) is 0 Å². The first kappa shape index (κ1) is 20.0. The van der Waals surface area contributed by atoms with Crippen LogP contribution in [0.5, 0.6) is 0 Å². The molecular formula is C22H24N2O3S. The van der Waals surface area contributed by atoms with Crippen LogP contribution >= 0.6 is 11.3 Å². The Balaban J connectivity index is 1.42. The van der Waals surface area contributed by atoms with Gasteiger partial charge in [0.25, 0.3) is 5.91 Å². The van der Waals surface area contributed by atoms with Crippen molar-refractivity contribution >= 4 is 39.1 Å². The van der Waals surface area contributed by atoms with Gasteiger partial charge in [-0.2, -0.15) is 0 Å². The molecule has 0 spiro atoms. The number of anilines is 1. The van der Waals surface area contributed by atoms with Crippen molar-refractivity contribution in [1.82, 2.24) is 4.98 Å². The van der Waals surface area contributed by atoms with Gasteiger partial charge in [0.05, 0.1) is 15.2 Å². The smallest absolute Gasteiger partial charge is 0.306 e. The van der Waals surface area contributed by atoms with Crippen LogP contribution in [0.15, 0.2) is 42.5 Å². The van der Waals surface area contributed by atoms with Gasteiger partial charge in [-0.05, 0) is 49.4 Å². The molecule has 2 aromatic carbocycles. The van der Waals surface area contributed by atoms with E-state index >= 15 is 0 Å². The largest absolute Gasteiger partial charge is 0.456 e. The van der Waals surface area contributed by atoms with Gasteiger partial charge < -0.3 is 10.1 Å². The maximum atomic E-state index is 12.1. The molecule has 3 rings (SSSR count). The van der Waals surface area contributed by atoms with Crippen LogP contribution in [-0.4, -0.2) is 23.5 Å². The van der Waals surface area contributed by atoms with E-state index in [1.54, 1.807) is 11.3 Å². The van der Waals surface area contributed by atoms with Gasteiger partial charge in [0, 0.05) is 12.1 Å². The Morgan fingerprint density at radius 1 is 1.14 bits per heavy atom. The molecule has 1 N–H and O–H groups in total. The minimum absolute atomic E-state index is 0.266. The van der Waals surface area contributed by atoms with Crippen molar-refractivity contribution in [3.63, 3.8) is 0 Å². The summed E-state index contributed by atoms with van der Waals surface area (Å²) < 4.78 is 6.27. The van der Waals surface area contributed by atoms with Gasteiger partial charge in [0.2, 0.25) is 0 Å². The normalized spacial score (nSPS) is 10.8. The highest BCUT2D eigenvalue weighted by Crippen LogP contribution is 2.23. The van der Waals surface area contributed by atoms with Crippen LogP contribution in [0.2, 0.25) is 0 Å². The van der Waals surface area contributed by atoms with Gasteiger partial charge in [0.15, 0.2) is 6.61 Å². The van der Waals surface area contributed by atoms with Gasteiger partial charge in [-0.25, -0.2) is 4.98 Å². The number of amides is 1. The second kappa shape index (κ2) is 9.46. The number of thiazole rings is 1. The predicted molar refractivity (Wildman–Crippen MR) is 113 cm³/mol. The molecular weight excluding hydrogens is 372 g/mol. The number of carbonyl (C=O) groups excluding carboxylic acids is 2. The molecule has 0 saturated heterocycles. The highest BCUT2D eigenvalue weighted by atomic mass is 32.1. The summed E-state index contributed by atoms with van der Waals surface area (Å²) in [5.74, 6) is -0.680. The molecule has 28 heavy (non-hydrogen) atoms. The highest BCUT2D eigenvalue weighted by molar-refractivity contribution is 7.18. The van der Waals surface area contributed by atoms with E-state index in [4.69, 9.17) is 4.74 Å². The predicted octanol–water partition coefficient (Wildman–Crippen LogP) is 4.67. The summed E-state index contributed by atoms with van der Waals surface area (Å²) in [6, 6.07) is 13.9. The zero-order valence-electron chi connectivity index (χ0n) is 16.2. The molecule has 1 heterocycles. The topological polar surface area (TPSA) is 68.3 Å². The van der Waals surface area contributed by atoms with E-state index in [9.17, 15) is 9.59 Å². The third kappa shape index (κ3) is 5.16. The van der Waals surface area contributed by atoms with E-state index in [-0.39, 0.29) is 24.9 Å². The number of nitrogens with zero attached hydrogens (tertiary/aromatic N) is 1. The molecule has 0 saturated carbocycles. The van der Waals surface area contributed by atoms with Crippen molar-refractivity contribution < 1.29 is 14.3 Å². The fraction of sp³-hybridized carbons (Fsp3) is 0.318. The number of aryl methyl sites for hydroxylation is 3. The molecule has 5 nitrogen and oxygen atoms in total. The minimum atomic E-state index is -0.364. The number of hydrogen-bond acceptors (Lipinski definition) is 5. The Bertz CT molecular complexity index is 948. The average Bonchev–Trinajstić information content (AvgIpc) is 3.10. The quantitative estimate of drug-likeness (QED) is 0.562. The second-order valence-electron chi connectivity index (χ2n) is 6.60. The number of ether oxygens (including phenoxy) is 1. The van der Waals surface area contributed by atoms with Gasteiger partial charge in [-0.3, -0.25) is 9.59 Å². The first-order chi connectivity index (χ1) is 13.6. The molecule has 0 radical (unpaired) electrons. The molecule has 0 bridgehead atoms. The van der Waals surface area contributed by atoms with Crippen LogP contribution in [0.4, 0.5) is 5.69 Å². The van der Waals surface area contributed by atoms with E-state index in [1.165, 1.54) is 0 Å². The summed E-state index contributed by atoms with van der Waals surface area (Å²) >= 11 is 1.65. The first-order valence-corrected chi connectivity index (χ1v) is 10.3. The summed E-state index contributed by atoms with van der Waals surface area (Å²) in [7, 11) is 0. The zero-order valence-corrected chi connectivity index (χ0v) is 17.0. The van der Waals surface area contributed by atoms with Crippen molar-refractivity contribution in [2.75, 3.05) is 11.9 Å². The summed E-state index contributed by atoms with van der Waals surface area (Å²) in [5, 5.41) is 3.87. The number of benzene rings is 2. The first-order valence-electron chi connectivity index (χ1n) is 9.45. The Morgan fingerprint density at radius 3 is 2.75 bits per heavy atom. The number of carbonyl (C=O) groups is 2. The van der Waals surface area contributed by atoms with Gasteiger partial charge >= 0.3 is 5.97 Å². The van der Waals surface area contributed by atoms with Crippen molar-refractivity contribution in [2.24, 2.45) is 0 Å². The standard InChI is InChI=1S/C22H24N2O3S/c1-3-16-9-6-8-15(2)22(16)24-19(25)14-27-21(26)13-7-12-20-23-17-10-4-5-11-18(17)28-20/h4-6,8-11H,3,7,12-14H2,1-2H3,(H,24,25). The van der Waals surface area contributed by atoms with Gasteiger partial charge in [0.1, 0.15) is 0 Å². The summed E-state index contributed by atoms with van der Waals surface area (Å²) in [4.78, 5) is 28.6. The summed E-state index contributed by atoms with van der Waals surface area (Å²) in [6.45, 7) is 3.72. The second-order valence-corrected chi connectivity index (χ2v) is 7.72. The zero-order chi connectivity index (χ0) is 19.9. The van der Waals surface area contributed by atoms with Crippen LogP contribution in [-0.2, 0) is 27.2 Å². The molecule has 6 heteroatoms. The molecule has 0 aliphatic carbocycles. The van der Waals surface area contributed by atoms with Crippen molar-refractivity contribution in [1.29, 1.82) is 0 Å². The number of rotatable bonds is 8. The van der Waals surface area contributed by atoms with E-state index in [1.807, 2.05) is 56.3 Å². The minimum Gasteiger partial charge on any atom is -0.456 e. The maximum Gasteiger partial charge on any atom is 0.306 e. The van der Waals surface area contributed by atoms with E-state index in [2.05, 4.69) is 10.3 Å². The van der Waals surface area contributed by atoms with Crippen LogP contribution < -0.4 is 5.32 Å². The summed E-state index contributed by atoms with van der Waals surface area (Å²) in [6.07, 6.45) is 2.47. The molecule has 3 aromatic rings. The number of fused-ring (bicyclic) bond motifs is 1. The third-order valence-electron chi connectivity index (χ3n) is 4.48. The molecule has 0 aliphatic heterocycles. The van der Waals surface area contributed by atoms with E-state index < -0.39 is 0 Å². The Labute approximate surface area is 168 Å². The highest BCUT2D eigenvalue weighted by Gasteiger charge is 2.12. The Kier molecular flexibility index (Phi) is 6.76. The molecule has 0 aliphatic rings. The third-order valence-corrected chi connectivity index (χ3v) is 5.57. The lowest BCUT2D eigenvalue weighted by atomic mass is 10.1. The fourth-order valence-corrected chi connectivity index (χ4v) is 4.02. The maximum absolute atomic E-state index is 12.1. The molecule has 1 amide bonds. The van der Waals surface area contributed by atoms with E-state index in [0.717, 1.165) is 44.9 Å². The van der Waals surface area contributed by atoms with Crippen LogP contribution in [0.1, 0.15) is 35.9 Å². The van der Waals surface area contributed by atoms with Crippen molar-refractivity contribution in [3.05, 3.63) is 58.6 Å². The molecule has 0 unspecified atom stereocenters. The lowest BCUT2D eigenvalue weighted by molar-refractivity contribution is -0.147. The average molecular weight is 397 g/mol. The summed E-state index contributed by atoms with van der Waals surface area (Å²) in [5.41, 5.74) is 3.86. The van der Waals surface area contributed by atoms with Crippen molar-refractivity contribution in [2.45, 2.75) is 39.5 Å². The van der Waals surface area contributed by atoms with Crippen LogP contribution in [0.25, 0.3) is 10.2 Å². The molecule has 0 fully saturated rings. The Morgan fingerprint density at radius 2 is 1.96 bits per heavy atom. The number of para-hydroxylation sites is 2. The van der Waals surface area contributed by atoms with E-state index in [0.29, 0.717) is 6.42 Å². The fourth-order valence-electron chi connectivity index (χ4n) is 3.01.